The average Bonchev–Trinajstić information content (AvgIpc) is 2.32. The van der Waals surface area contributed by atoms with Crippen LogP contribution in [0.3, 0.4) is 0 Å². The van der Waals surface area contributed by atoms with E-state index in [9.17, 15) is 0 Å². The lowest BCUT2D eigenvalue weighted by Gasteiger charge is -2.30. The molecule has 0 spiro atoms. The van der Waals surface area contributed by atoms with Crippen LogP contribution in [0, 0.1) is 0 Å². The van der Waals surface area contributed by atoms with Crippen molar-refractivity contribution in [2.45, 2.75) is 18.9 Å². The Bertz CT molecular complexity index is 363. The highest BCUT2D eigenvalue weighted by molar-refractivity contribution is 6.32. The van der Waals surface area contributed by atoms with Crippen LogP contribution >= 0.6 is 24.0 Å². The van der Waals surface area contributed by atoms with E-state index < -0.39 is 0 Å². The molecular formula is C13H20Cl2N2O. The van der Waals surface area contributed by atoms with Crippen molar-refractivity contribution in [3.63, 3.8) is 0 Å². The number of halogens is 2. The summed E-state index contributed by atoms with van der Waals surface area (Å²) in [4.78, 5) is 2.35. The van der Waals surface area contributed by atoms with Gasteiger partial charge in [-0.15, -0.1) is 12.4 Å². The molecule has 0 unspecified atom stereocenters. The molecule has 0 radical (unpaired) electrons. The molecule has 3 nitrogen and oxygen atoms in total. The van der Waals surface area contributed by atoms with Crippen LogP contribution in [-0.2, 0) is 0 Å². The molecule has 5 heteroatoms. The fourth-order valence-corrected chi connectivity index (χ4v) is 2.33. The van der Waals surface area contributed by atoms with Crippen molar-refractivity contribution in [1.82, 2.24) is 4.90 Å². The quantitative estimate of drug-likeness (QED) is 0.926. The molecule has 1 atom stereocenters. The molecule has 0 aromatic heterocycles. The number of nitrogens with zero attached hydrogens (tertiary/aromatic N) is 1. The first-order valence-electron chi connectivity index (χ1n) is 6.11. The maximum absolute atomic E-state index is 6.01. The highest BCUT2D eigenvalue weighted by Crippen LogP contribution is 2.22. The largest absolute Gasteiger partial charge is 0.491 e. The Labute approximate surface area is 120 Å². The summed E-state index contributed by atoms with van der Waals surface area (Å²) in [6.07, 6.45) is 2.33. The zero-order valence-corrected chi connectivity index (χ0v) is 11.9. The molecule has 1 aromatic rings. The van der Waals surface area contributed by atoms with Crippen LogP contribution < -0.4 is 10.5 Å². The molecule has 1 aromatic carbocycles. The van der Waals surface area contributed by atoms with Gasteiger partial charge in [-0.3, -0.25) is 4.90 Å². The van der Waals surface area contributed by atoms with Gasteiger partial charge in [-0.2, -0.15) is 0 Å². The second kappa shape index (κ2) is 7.85. The van der Waals surface area contributed by atoms with Gasteiger partial charge in [-0.25, -0.2) is 0 Å². The molecule has 1 saturated heterocycles. The zero-order valence-electron chi connectivity index (χ0n) is 10.3. The molecule has 2 rings (SSSR count). The lowest BCUT2D eigenvalue weighted by molar-refractivity contribution is 0.171. The highest BCUT2D eigenvalue weighted by atomic mass is 35.5. The van der Waals surface area contributed by atoms with E-state index in [-0.39, 0.29) is 12.4 Å². The first-order valence-corrected chi connectivity index (χ1v) is 6.49. The van der Waals surface area contributed by atoms with Gasteiger partial charge in [0.25, 0.3) is 0 Å². The molecule has 0 bridgehead atoms. The second-order valence-corrected chi connectivity index (χ2v) is 4.89. The van der Waals surface area contributed by atoms with E-state index in [0.29, 0.717) is 17.7 Å². The fourth-order valence-electron chi connectivity index (χ4n) is 2.14. The van der Waals surface area contributed by atoms with E-state index in [1.807, 2.05) is 24.3 Å². The predicted octanol–water partition coefficient (Wildman–Crippen LogP) is 2.56. The van der Waals surface area contributed by atoms with Crippen molar-refractivity contribution >= 4 is 24.0 Å². The third-order valence-electron chi connectivity index (χ3n) is 3.04. The van der Waals surface area contributed by atoms with Gasteiger partial charge in [0.2, 0.25) is 0 Å². The Morgan fingerprint density at radius 1 is 1.39 bits per heavy atom. The first-order chi connectivity index (χ1) is 8.25. The Hall–Kier alpha value is -0.480. The van der Waals surface area contributed by atoms with Gasteiger partial charge in [0, 0.05) is 19.1 Å². The summed E-state index contributed by atoms with van der Waals surface area (Å²) in [5, 5.41) is 0.669. The Balaban J connectivity index is 0.00000162. The SMILES string of the molecule is Cl.N[C@@H]1CCCN(CCOc2ccccc2Cl)C1. The second-order valence-electron chi connectivity index (χ2n) is 4.48. The van der Waals surface area contributed by atoms with E-state index in [0.717, 1.165) is 31.8 Å². The zero-order chi connectivity index (χ0) is 12.1. The minimum absolute atomic E-state index is 0. The molecule has 18 heavy (non-hydrogen) atoms. The lowest BCUT2D eigenvalue weighted by atomic mass is 10.1. The van der Waals surface area contributed by atoms with Crippen LogP contribution in [0.15, 0.2) is 24.3 Å². The number of hydrogen-bond acceptors (Lipinski definition) is 3. The average molecular weight is 291 g/mol. The first kappa shape index (κ1) is 15.6. The van der Waals surface area contributed by atoms with E-state index in [1.54, 1.807) is 0 Å². The van der Waals surface area contributed by atoms with Crippen LogP contribution in [0.5, 0.6) is 5.75 Å². The number of para-hydroxylation sites is 1. The van der Waals surface area contributed by atoms with Crippen molar-refractivity contribution < 1.29 is 4.74 Å². The van der Waals surface area contributed by atoms with E-state index in [1.165, 1.54) is 6.42 Å². The van der Waals surface area contributed by atoms with Gasteiger partial charge in [0.1, 0.15) is 12.4 Å². The summed E-state index contributed by atoms with van der Waals surface area (Å²) in [5.74, 6) is 0.760. The van der Waals surface area contributed by atoms with Crippen LogP contribution in [0.4, 0.5) is 0 Å². The van der Waals surface area contributed by atoms with Crippen LogP contribution in [0.25, 0.3) is 0 Å². The van der Waals surface area contributed by atoms with Crippen LogP contribution in [0.2, 0.25) is 5.02 Å². The van der Waals surface area contributed by atoms with E-state index in [2.05, 4.69) is 4.90 Å². The van der Waals surface area contributed by atoms with Crippen molar-refractivity contribution in [2.75, 3.05) is 26.2 Å². The van der Waals surface area contributed by atoms with Crippen molar-refractivity contribution in [3.8, 4) is 5.75 Å². The standard InChI is InChI=1S/C13H19ClN2O.ClH/c14-12-5-1-2-6-13(12)17-9-8-16-7-3-4-11(15)10-16;/h1-2,5-6,11H,3-4,7-10,15H2;1H/t11-;/m1./s1. The van der Waals surface area contributed by atoms with Crippen molar-refractivity contribution in [2.24, 2.45) is 5.73 Å². The summed E-state index contributed by atoms with van der Waals surface area (Å²) in [6, 6.07) is 7.89. The number of rotatable bonds is 4. The molecule has 1 aliphatic rings. The van der Waals surface area contributed by atoms with E-state index in [4.69, 9.17) is 22.1 Å². The van der Waals surface area contributed by atoms with Gasteiger partial charge in [-0.05, 0) is 31.5 Å². The third-order valence-corrected chi connectivity index (χ3v) is 3.36. The maximum atomic E-state index is 6.01. The highest BCUT2D eigenvalue weighted by Gasteiger charge is 2.16. The van der Waals surface area contributed by atoms with Gasteiger partial charge < -0.3 is 10.5 Å². The van der Waals surface area contributed by atoms with Crippen LogP contribution in [-0.4, -0.2) is 37.2 Å². The molecule has 1 aliphatic heterocycles. The minimum Gasteiger partial charge on any atom is -0.491 e. The van der Waals surface area contributed by atoms with E-state index >= 15 is 0 Å². The molecule has 1 heterocycles. The number of benzene rings is 1. The Kier molecular flexibility index (Phi) is 6.79. The lowest BCUT2D eigenvalue weighted by Crippen LogP contribution is -2.44. The minimum atomic E-state index is 0. The number of likely N-dealkylation sites (tertiary alicyclic amines) is 1. The molecule has 2 N–H and O–H groups in total. The van der Waals surface area contributed by atoms with Gasteiger partial charge in [-0.1, -0.05) is 23.7 Å². The van der Waals surface area contributed by atoms with Gasteiger partial charge >= 0.3 is 0 Å². The Morgan fingerprint density at radius 2 is 2.17 bits per heavy atom. The topological polar surface area (TPSA) is 38.5 Å². The molecule has 0 aliphatic carbocycles. The number of nitrogens with two attached hydrogens (primary N) is 1. The number of hydrogen-bond donors (Lipinski definition) is 1. The smallest absolute Gasteiger partial charge is 0.137 e. The normalized spacial score (nSPS) is 20.2. The Morgan fingerprint density at radius 3 is 2.89 bits per heavy atom. The monoisotopic (exact) mass is 290 g/mol. The van der Waals surface area contributed by atoms with Crippen molar-refractivity contribution in [3.05, 3.63) is 29.3 Å². The summed E-state index contributed by atoms with van der Waals surface area (Å²) in [6.45, 7) is 3.68. The maximum Gasteiger partial charge on any atom is 0.137 e. The molecule has 1 fully saturated rings. The summed E-state index contributed by atoms with van der Waals surface area (Å²) in [7, 11) is 0. The predicted molar refractivity (Wildman–Crippen MR) is 77.8 cm³/mol. The fraction of sp³-hybridized carbons (Fsp3) is 0.538. The molecule has 102 valence electrons. The summed E-state index contributed by atoms with van der Waals surface area (Å²) in [5.41, 5.74) is 5.93. The number of ether oxygens (including phenoxy) is 1. The number of piperidine rings is 1. The van der Waals surface area contributed by atoms with Crippen LogP contribution in [0.1, 0.15) is 12.8 Å². The molecular weight excluding hydrogens is 271 g/mol. The summed E-state index contributed by atoms with van der Waals surface area (Å²) < 4.78 is 5.66. The van der Waals surface area contributed by atoms with Gasteiger partial charge in [0.05, 0.1) is 5.02 Å². The molecule has 0 amide bonds. The van der Waals surface area contributed by atoms with Crippen molar-refractivity contribution in [1.29, 1.82) is 0 Å². The summed E-state index contributed by atoms with van der Waals surface area (Å²) >= 11 is 6.01. The third kappa shape index (κ3) is 4.65. The van der Waals surface area contributed by atoms with Gasteiger partial charge in [0.15, 0.2) is 0 Å². The molecule has 0 saturated carbocycles.